The molecule has 8 heteroatoms. The SMILES string of the molecule is CC(=O)NCCNC(=O)C(=O)Nc1c(F)cccc1F. The number of nitrogens with one attached hydrogen (secondary N) is 3. The Morgan fingerprint density at radius 2 is 1.55 bits per heavy atom. The molecule has 1 aromatic carbocycles. The fourth-order valence-corrected chi connectivity index (χ4v) is 1.28. The third kappa shape index (κ3) is 4.63. The van der Waals surface area contributed by atoms with E-state index in [1.54, 1.807) is 0 Å². The van der Waals surface area contributed by atoms with Gasteiger partial charge in [-0.05, 0) is 12.1 Å². The highest BCUT2D eigenvalue weighted by Gasteiger charge is 2.17. The van der Waals surface area contributed by atoms with Crippen molar-refractivity contribution in [2.75, 3.05) is 18.4 Å². The Labute approximate surface area is 113 Å². The summed E-state index contributed by atoms with van der Waals surface area (Å²) in [5.74, 6) is -4.50. The predicted octanol–water partition coefficient (Wildman–Crippen LogP) is 0.156. The summed E-state index contributed by atoms with van der Waals surface area (Å²) in [6.07, 6.45) is 0. The second kappa shape index (κ2) is 7.17. The Bertz CT molecular complexity index is 514. The average Bonchev–Trinajstić information content (AvgIpc) is 2.38. The van der Waals surface area contributed by atoms with Crippen molar-refractivity contribution >= 4 is 23.4 Å². The molecule has 0 spiro atoms. The Morgan fingerprint density at radius 1 is 1.00 bits per heavy atom. The van der Waals surface area contributed by atoms with E-state index in [1.165, 1.54) is 6.92 Å². The molecule has 20 heavy (non-hydrogen) atoms. The number of anilines is 1. The molecule has 0 aromatic heterocycles. The topological polar surface area (TPSA) is 87.3 Å². The number of halogens is 2. The lowest BCUT2D eigenvalue weighted by Gasteiger charge is -2.08. The summed E-state index contributed by atoms with van der Waals surface area (Å²) in [6, 6.07) is 3.04. The van der Waals surface area contributed by atoms with Crippen LogP contribution in [0.1, 0.15) is 6.92 Å². The fourth-order valence-electron chi connectivity index (χ4n) is 1.28. The standard InChI is InChI=1S/C12H13F2N3O3/c1-7(18)15-5-6-16-11(19)12(20)17-10-8(13)3-2-4-9(10)14/h2-4H,5-6H2,1H3,(H,15,18)(H,16,19)(H,17,20). The maximum absolute atomic E-state index is 13.2. The molecule has 0 aliphatic carbocycles. The van der Waals surface area contributed by atoms with E-state index in [2.05, 4.69) is 10.6 Å². The van der Waals surface area contributed by atoms with Crippen molar-refractivity contribution < 1.29 is 23.2 Å². The number of hydrogen-bond acceptors (Lipinski definition) is 3. The zero-order chi connectivity index (χ0) is 15.1. The number of amides is 3. The van der Waals surface area contributed by atoms with Crippen LogP contribution in [0.15, 0.2) is 18.2 Å². The minimum atomic E-state index is -1.20. The first-order valence-electron chi connectivity index (χ1n) is 5.69. The van der Waals surface area contributed by atoms with Gasteiger partial charge >= 0.3 is 11.8 Å². The van der Waals surface area contributed by atoms with E-state index in [0.717, 1.165) is 18.2 Å². The highest BCUT2D eigenvalue weighted by molar-refractivity contribution is 6.39. The van der Waals surface area contributed by atoms with Crippen LogP contribution in [0.5, 0.6) is 0 Å². The summed E-state index contributed by atoms with van der Waals surface area (Å²) in [4.78, 5) is 33.3. The van der Waals surface area contributed by atoms with Crippen molar-refractivity contribution in [3.8, 4) is 0 Å². The molecule has 0 atom stereocenters. The van der Waals surface area contributed by atoms with Crippen LogP contribution in [0.2, 0.25) is 0 Å². The fraction of sp³-hybridized carbons (Fsp3) is 0.250. The summed E-state index contributed by atoms with van der Waals surface area (Å²) in [6.45, 7) is 1.46. The first-order valence-corrected chi connectivity index (χ1v) is 5.69. The molecular formula is C12H13F2N3O3. The van der Waals surface area contributed by atoms with Crippen LogP contribution >= 0.6 is 0 Å². The minimum absolute atomic E-state index is 0.0194. The molecule has 108 valence electrons. The van der Waals surface area contributed by atoms with Crippen molar-refractivity contribution in [3.63, 3.8) is 0 Å². The molecule has 0 aliphatic rings. The first-order chi connectivity index (χ1) is 9.41. The average molecular weight is 285 g/mol. The van der Waals surface area contributed by atoms with Gasteiger partial charge in [0.05, 0.1) is 0 Å². The molecule has 0 bridgehead atoms. The van der Waals surface area contributed by atoms with Crippen molar-refractivity contribution in [2.45, 2.75) is 6.92 Å². The number of para-hydroxylation sites is 1. The van der Waals surface area contributed by atoms with E-state index < -0.39 is 29.1 Å². The van der Waals surface area contributed by atoms with Crippen molar-refractivity contribution in [1.82, 2.24) is 10.6 Å². The second-order valence-electron chi connectivity index (χ2n) is 3.79. The van der Waals surface area contributed by atoms with Gasteiger partial charge in [0.15, 0.2) is 0 Å². The van der Waals surface area contributed by atoms with E-state index in [1.807, 2.05) is 5.32 Å². The van der Waals surface area contributed by atoms with Crippen molar-refractivity contribution in [3.05, 3.63) is 29.8 Å². The molecule has 1 aromatic rings. The highest BCUT2D eigenvalue weighted by atomic mass is 19.1. The van der Waals surface area contributed by atoms with E-state index in [0.29, 0.717) is 0 Å². The van der Waals surface area contributed by atoms with Gasteiger partial charge in [0.2, 0.25) is 5.91 Å². The molecular weight excluding hydrogens is 272 g/mol. The number of hydrogen-bond donors (Lipinski definition) is 3. The smallest absolute Gasteiger partial charge is 0.313 e. The number of carbonyl (C=O) groups is 3. The summed E-state index contributed by atoms with van der Waals surface area (Å²) in [5, 5.41) is 6.43. The van der Waals surface area contributed by atoms with Crippen LogP contribution in [0.4, 0.5) is 14.5 Å². The molecule has 0 radical (unpaired) electrons. The predicted molar refractivity (Wildman–Crippen MR) is 66.7 cm³/mol. The third-order valence-electron chi connectivity index (χ3n) is 2.19. The minimum Gasteiger partial charge on any atom is -0.355 e. The quantitative estimate of drug-likeness (QED) is 0.544. The highest BCUT2D eigenvalue weighted by Crippen LogP contribution is 2.17. The molecule has 0 saturated carbocycles. The van der Waals surface area contributed by atoms with Crippen LogP contribution in [0.25, 0.3) is 0 Å². The maximum Gasteiger partial charge on any atom is 0.313 e. The van der Waals surface area contributed by atoms with Gasteiger partial charge in [0, 0.05) is 20.0 Å². The lowest BCUT2D eigenvalue weighted by molar-refractivity contribution is -0.136. The van der Waals surface area contributed by atoms with Gasteiger partial charge in [-0.1, -0.05) is 6.07 Å². The molecule has 0 fully saturated rings. The molecule has 3 N–H and O–H groups in total. The van der Waals surface area contributed by atoms with Gasteiger partial charge in [-0.3, -0.25) is 14.4 Å². The van der Waals surface area contributed by atoms with Crippen molar-refractivity contribution in [2.24, 2.45) is 0 Å². The van der Waals surface area contributed by atoms with Crippen LogP contribution in [-0.4, -0.2) is 30.8 Å². The largest absolute Gasteiger partial charge is 0.355 e. The van der Waals surface area contributed by atoms with Gasteiger partial charge in [-0.15, -0.1) is 0 Å². The first kappa shape index (κ1) is 15.5. The zero-order valence-corrected chi connectivity index (χ0v) is 10.6. The Kier molecular flexibility index (Phi) is 5.57. The van der Waals surface area contributed by atoms with E-state index >= 15 is 0 Å². The van der Waals surface area contributed by atoms with Gasteiger partial charge in [-0.2, -0.15) is 0 Å². The van der Waals surface area contributed by atoms with Crippen LogP contribution < -0.4 is 16.0 Å². The summed E-state index contributed by atoms with van der Waals surface area (Å²) in [7, 11) is 0. The molecule has 0 heterocycles. The van der Waals surface area contributed by atoms with Gasteiger partial charge in [0.25, 0.3) is 0 Å². The summed E-state index contributed by atoms with van der Waals surface area (Å²) < 4.78 is 26.5. The van der Waals surface area contributed by atoms with Crippen LogP contribution in [0, 0.1) is 11.6 Å². The third-order valence-corrected chi connectivity index (χ3v) is 2.19. The lowest BCUT2D eigenvalue weighted by atomic mass is 10.3. The van der Waals surface area contributed by atoms with Gasteiger partial charge in [0.1, 0.15) is 17.3 Å². The summed E-state index contributed by atoms with van der Waals surface area (Å²) >= 11 is 0. The maximum atomic E-state index is 13.2. The molecule has 3 amide bonds. The monoisotopic (exact) mass is 285 g/mol. The number of rotatable bonds is 4. The van der Waals surface area contributed by atoms with Gasteiger partial charge in [-0.25, -0.2) is 8.78 Å². The molecule has 6 nitrogen and oxygen atoms in total. The Hall–Kier alpha value is -2.51. The van der Waals surface area contributed by atoms with Gasteiger partial charge < -0.3 is 16.0 Å². The molecule has 0 saturated heterocycles. The van der Waals surface area contributed by atoms with E-state index in [4.69, 9.17) is 0 Å². The van der Waals surface area contributed by atoms with E-state index in [9.17, 15) is 23.2 Å². The van der Waals surface area contributed by atoms with Crippen molar-refractivity contribution in [1.29, 1.82) is 0 Å². The summed E-state index contributed by atoms with van der Waals surface area (Å²) in [5.41, 5.74) is -0.686. The van der Waals surface area contributed by atoms with E-state index in [-0.39, 0.29) is 19.0 Å². The molecule has 1 rings (SSSR count). The molecule has 0 unspecified atom stereocenters. The molecule has 0 aliphatic heterocycles. The number of carbonyl (C=O) groups excluding carboxylic acids is 3. The van der Waals surface area contributed by atoms with Crippen LogP contribution in [0.3, 0.4) is 0 Å². The number of benzene rings is 1. The Morgan fingerprint density at radius 3 is 2.10 bits per heavy atom. The van der Waals surface area contributed by atoms with Crippen LogP contribution in [-0.2, 0) is 14.4 Å². The zero-order valence-electron chi connectivity index (χ0n) is 10.6. The normalized spacial score (nSPS) is 9.75. The second-order valence-corrected chi connectivity index (χ2v) is 3.79. The lowest BCUT2D eigenvalue weighted by Crippen LogP contribution is -2.40. The Balaban J connectivity index is 2.50.